The zero-order chi connectivity index (χ0) is 15.5. The van der Waals surface area contributed by atoms with Crippen LogP contribution in [0.4, 0.5) is 16.5 Å². The van der Waals surface area contributed by atoms with Crippen molar-refractivity contribution in [1.29, 1.82) is 0 Å². The third-order valence-electron chi connectivity index (χ3n) is 3.28. The summed E-state index contributed by atoms with van der Waals surface area (Å²) >= 11 is 5.06. The second kappa shape index (κ2) is 6.50. The number of halogens is 1. The number of thiazole rings is 1. The van der Waals surface area contributed by atoms with Gasteiger partial charge >= 0.3 is 0 Å². The predicted molar refractivity (Wildman–Crippen MR) is 99.3 cm³/mol. The molecule has 0 fully saturated rings. The van der Waals surface area contributed by atoms with Crippen LogP contribution in [0.3, 0.4) is 0 Å². The topological polar surface area (TPSA) is 28.2 Å². The normalized spacial score (nSPS) is 10.5. The predicted octanol–water partition coefficient (Wildman–Crippen LogP) is 5.38. The van der Waals surface area contributed by atoms with Crippen LogP contribution in [0.2, 0.25) is 0 Å². The summed E-state index contributed by atoms with van der Waals surface area (Å²) in [5.41, 5.74) is 4.34. The van der Waals surface area contributed by atoms with Gasteiger partial charge in [0.15, 0.2) is 5.13 Å². The molecule has 112 valence electrons. The van der Waals surface area contributed by atoms with Crippen LogP contribution in [0.15, 0.2) is 58.4 Å². The highest BCUT2D eigenvalue weighted by Crippen LogP contribution is 2.28. The zero-order valence-corrected chi connectivity index (χ0v) is 14.8. The Hall–Kier alpha value is -1.85. The van der Waals surface area contributed by atoms with E-state index < -0.39 is 0 Å². The first-order valence-electron chi connectivity index (χ1n) is 6.88. The molecule has 3 rings (SSSR count). The number of hydrogen-bond donors (Lipinski definition) is 1. The fourth-order valence-corrected chi connectivity index (χ4v) is 3.05. The lowest BCUT2D eigenvalue weighted by Crippen LogP contribution is -2.08. The summed E-state index contributed by atoms with van der Waals surface area (Å²) in [7, 11) is 4.07. The Labute approximate surface area is 142 Å². The van der Waals surface area contributed by atoms with Gasteiger partial charge in [-0.2, -0.15) is 0 Å². The van der Waals surface area contributed by atoms with E-state index in [0.29, 0.717) is 0 Å². The summed E-state index contributed by atoms with van der Waals surface area (Å²) in [6.45, 7) is 0. The summed E-state index contributed by atoms with van der Waals surface area (Å²) in [5.74, 6) is 0. The molecule has 0 atom stereocenters. The first-order chi connectivity index (χ1) is 10.6. The highest BCUT2D eigenvalue weighted by Gasteiger charge is 2.05. The molecule has 1 aromatic heterocycles. The third kappa shape index (κ3) is 3.48. The standard InChI is InChI=1S/C17H16BrN3S/c1-21(2)15-9-7-14(8-10-15)19-17-20-16(11-22-17)12-3-5-13(18)6-4-12/h3-11H,1-2H3,(H,19,20). The summed E-state index contributed by atoms with van der Waals surface area (Å²) < 4.78 is 1.07. The Morgan fingerprint density at radius 2 is 1.68 bits per heavy atom. The van der Waals surface area contributed by atoms with Gasteiger partial charge in [0.1, 0.15) is 0 Å². The maximum absolute atomic E-state index is 4.64. The molecule has 0 spiro atoms. The van der Waals surface area contributed by atoms with E-state index in [1.54, 1.807) is 11.3 Å². The average molecular weight is 374 g/mol. The van der Waals surface area contributed by atoms with Crippen molar-refractivity contribution in [3.8, 4) is 11.3 Å². The molecule has 0 saturated carbocycles. The Morgan fingerprint density at radius 1 is 1.00 bits per heavy atom. The van der Waals surface area contributed by atoms with Gasteiger partial charge in [-0.3, -0.25) is 0 Å². The molecule has 3 nitrogen and oxygen atoms in total. The summed E-state index contributed by atoms with van der Waals surface area (Å²) in [6, 6.07) is 16.5. The van der Waals surface area contributed by atoms with E-state index in [0.717, 1.165) is 26.5 Å². The average Bonchev–Trinajstić information content (AvgIpc) is 2.97. The molecule has 5 heteroatoms. The number of benzene rings is 2. The van der Waals surface area contributed by atoms with E-state index in [9.17, 15) is 0 Å². The molecule has 1 heterocycles. The van der Waals surface area contributed by atoms with Crippen LogP contribution in [0.5, 0.6) is 0 Å². The van der Waals surface area contributed by atoms with Gasteiger partial charge in [0.2, 0.25) is 0 Å². The Balaban J connectivity index is 1.75. The highest BCUT2D eigenvalue weighted by atomic mass is 79.9. The van der Waals surface area contributed by atoms with E-state index in [2.05, 4.69) is 72.9 Å². The van der Waals surface area contributed by atoms with E-state index in [1.165, 1.54) is 5.69 Å². The minimum absolute atomic E-state index is 0.899. The molecule has 0 saturated heterocycles. The van der Waals surface area contributed by atoms with Crippen molar-refractivity contribution in [3.63, 3.8) is 0 Å². The van der Waals surface area contributed by atoms with Crippen molar-refractivity contribution < 1.29 is 0 Å². The van der Waals surface area contributed by atoms with E-state index in [-0.39, 0.29) is 0 Å². The van der Waals surface area contributed by atoms with Gasteiger partial charge in [0, 0.05) is 40.9 Å². The molecular formula is C17H16BrN3S. The van der Waals surface area contributed by atoms with Crippen LogP contribution in [0, 0.1) is 0 Å². The van der Waals surface area contributed by atoms with Crippen LogP contribution in [0.25, 0.3) is 11.3 Å². The van der Waals surface area contributed by atoms with Gasteiger partial charge in [-0.15, -0.1) is 11.3 Å². The van der Waals surface area contributed by atoms with Crippen LogP contribution >= 0.6 is 27.3 Å². The SMILES string of the molecule is CN(C)c1ccc(Nc2nc(-c3ccc(Br)cc3)cs2)cc1. The smallest absolute Gasteiger partial charge is 0.187 e. The van der Waals surface area contributed by atoms with Crippen LogP contribution in [-0.2, 0) is 0 Å². The fraction of sp³-hybridized carbons (Fsp3) is 0.118. The van der Waals surface area contributed by atoms with Gasteiger partial charge < -0.3 is 10.2 Å². The maximum atomic E-state index is 4.64. The number of anilines is 3. The van der Waals surface area contributed by atoms with E-state index >= 15 is 0 Å². The van der Waals surface area contributed by atoms with Crippen molar-refractivity contribution in [2.24, 2.45) is 0 Å². The molecule has 0 radical (unpaired) electrons. The number of aromatic nitrogens is 1. The van der Waals surface area contributed by atoms with E-state index in [1.807, 2.05) is 26.2 Å². The first-order valence-corrected chi connectivity index (χ1v) is 8.55. The van der Waals surface area contributed by atoms with Crippen LogP contribution in [0.1, 0.15) is 0 Å². The molecule has 0 aliphatic carbocycles. The fourth-order valence-electron chi connectivity index (χ4n) is 2.05. The minimum Gasteiger partial charge on any atom is -0.378 e. The second-order valence-electron chi connectivity index (χ2n) is 5.11. The van der Waals surface area contributed by atoms with Gasteiger partial charge in [-0.25, -0.2) is 4.98 Å². The van der Waals surface area contributed by atoms with Gasteiger partial charge in [0.05, 0.1) is 5.69 Å². The molecule has 0 bridgehead atoms. The third-order valence-corrected chi connectivity index (χ3v) is 4.57. The maximum Gasteiger partial charge on any atom is 0.187 e. The summed E-state index contributed by atoms with van der Waals surface area (Å²) in [4.78, 5) is 6.73. The van der Waals surface area contributed by atoms with Crippen molar-refractivity contribution in [3.05, 3.63) is 58.4 Å². The number of nitrogens with zero attached hydrogens (tertiary/aromatic N) is 2. The van der Waals surface area contributed by atoms with Crippen molar-refractivity contribution >= 4 is 43.8 Å². The quantitative estimate of drug-likeness (QED) is 0.664. The summed E-state index contributed by atoms with van der Waals surface area (Å²) in [5, 5.41) is 6.32. The molecule has 1 N–H and O–H groups in total. The minimum atomic E-state index is 0.899. The van der Waals surface area contributed by atoms with Crippen LogP contribution in [-0.4, -0.2) is 19.1 Å². The van der Waals surface area contributed by atoms with Crippen molar-refractivity contribution in [1.82, 2.24) is 4.98 Å². The van der Waals surface area contributed by atoms with Crippen molar-refractivity contribution in [2.45, 2.75) is 0 Å². The number of rotatable bonds is 4. The Bertz CT molecular complexity index is 748. The lowest BCUT2D eigenvalue weighted by Gasteiger charge is -2.12. The lowest BCUT2D eigenvalue weighted by molar-refractivity contribution is 1.13. The molecule has 0 aliphatic heterocycles. The van der Waals surface area contributed by atoms with Gasteiger partial charge in [-0.05, 0) is 36.4 Å². The summed E-state index contributed by atoms with van der Waals surface area (Å²) in [6.07, 6.45) is 0. The molecule has 3 aromatic rings. The molecule has 22 heavy (non-hydrogen) atoms. The lowest BCUT2D eigenvalue weighted by atomic mass is 10.2. The number of nitrogens with one attached hydrogen (secondary N) is 1. The molecule has 0 amide bonds. The van der Waals surface area contributed by atoms with Gasteiger partial charge in [0.25, 0.3) is 0 Å². The zero-order valence-electron chi connectivity index (χ0n) is 12.4. The molecule has 0 unspecified atom stereocenters. The monoisotopic (exact) mass is 373 g/mol. The Kier molecular flexibility index (Phi) is 4.45. The molecule has 2 aromatic carbocycles. The van der Waals surface area contributed by atoms with Crippen molar-refractivity contribution in [2.75, 3.05) is 24.3 Å². The second-order valence-corrected chi connectivity index (χ2v) is 6.88. The van der Waals surface area contributed by atoms with Crippen LogP contribution < -0.4 is 10.2 Å². The Morgan fingerprint density at radius 3 is 2.32 bits per heavy atom. The first kappa shape index (κ1) is 15.1. The highest BCUT2D eigenvalue weighted by molar-refractivity contribution is 9.10. The van der Waals surface area contributed by atoms with E-state index in [4.69, 9.17) is 0 Å². The molecule has 0 aliphatic rings. The molecular weight excluding hydrogens is 358 g/mol. The largest absolute Gasteiger partial charge is 0.378 e. The number of hydrogen-bond acceptors (Lipinski definition) is 4. The van der Waals surface area contributed by atoms with Gasteiger partial charge in [-0.1, -0.05) is 28.1 Å².